The van der Waals surface area contributed by atoms with Gasteiger partial charge in [-0.05, 0) is 30.5 Å². The van der Waals surface area contributed by atoms with Crippen molar-refractivity contribution in [2.45, 2.75) is 56.6 Å². The van der Waals surface area contributed by atoms with E-state index in [1.54, 1.807) is 6.20 Å². The van der Waals surface area contributed by atoms with E-state index in [-0.39, 0.29) is 0 Å². The highest BCUT2D eigenvalue weighted by atomic mass is 32.1. The van der Waals surface area contributed by atoms with E-state index in [2.05, 4.69) is 9.88 Å². The van der Waals surface area contributed by atoms with Gasteiger partial charge in [-0.1, -0.05) is 12.5 Å². The Bertz CT molecular complexity index is 767. The lowest BCUT2D eigenvalue weighted by Gasteiger charge is -2.47. The van der Waals surface area contributed by atoms with Crippen LogP contribution in [0.25, 0.3) is 0 Å². The number of hydrogen-bond donors (Lipinski definition) is 1. The summed E-state index contributed by atoms with van der Waals surface area (Å²) < 4.78 is 12.5. The molecule has 2 fully saturated rings. The molecule has 2 aromatic rings. The van der Waals surface area contributed by atoms with Crippen molar-refractivity contribution >= 4 is 11.3 Å². The first-order valence-electron chi connectivity index (χ1n) is 9.50. The van der Waals surface area contributed by atoms with Crippen LogP contribution in [0.15, 0.2) is 29.8 Å². The number of rotatable bonds is 3. The maximum Gasteiger partial charge on any atom is 0.213 e. The summed E-state index contributed by atoms with van der Waals surface area (Å²) in [5.74, 6) is 0.423. The van der Waals surface area contributed by atoms with Crippen molar-refractivity contribution in [3.63, 3.8) is 0 Å². The summed E-state index contributed by atoms with van der Waals surface area (Å²) in [6, 6.07) is 6.69. The SMILES string of the molecule is OC(c1ccc2c(c1)COC1(CCN(C3CCC3)CC1)O2)c1nccs1. The molecule has 0 radical (unpaired) electrons. The van der Waals surface area contributed by atoms with Gasteiger partial charge in [0, 0.05) is 49.1 Å². The van der Waals surface area contributed by atoms with E-state index in [0.717, 1.165) is 48.8 Å². The van der Waals surface area contributed by atoms with E-state index in [1.165, 1.54) is 30.6 Å². The van der Waals surface area contributed by atoms with E-state index >= 15 is 0 Å². The number of piperidine rings is 1. The van der Waals surface area contributed by atoms with Gasteiger partial charge in [-0.2, -0.15) is 0 Å². The predicted octanol–water partition coefficient (Wildman–Crippen LogP) is 3.48. The Morgan fingerprint density at radius 2 is 2.12 bits per heavy atom. The maximum atomic E-state index is 10.5. The van der Waals surface area contributed by atoms with Gasteiger partial charge < -0.3 is 14.6 Å². The third-order valence-corrected chi connectivity index (χ3v) is 6.85. The summed E-state index contributed by atoms with van der Waals surface area (Å²) in [5, 5.41) is 13.1. The van der Waals surface area contributed by atoms with Crippen LogP contribution in [0, 0.1) is 0 Å². The molecule has 5 rings (SSSR count). The van der Waals surface area contributed by atoms with Crippen molar-refractivity contribution in [3.05, 3.63) is 45.9 Å². The van der Waals surface area contributed by atoms with Crippen LogP contribution in [0.3, 0.4) is 0 Å². The Labute approximate surface area is 157 Å². The van der Waals surface area contributed by atoms with Crippen molar-refractivity contribution in [3.8, 4) is 5.75 Å². The van der Waals surface area contributed by atoms with Crippen molar-refractivity contribution in [2.24, 2.45) is 0 Å². The highest BCUT2D eigenvalue weighted by molar-refractivity contribution is 7.09. The number of hydrogen-bond acceptors (Lipinski definition) is 6. The van der Waals surface area contributed by atoms with Crippen LogP contribution in [-0.4, -0.2) is 39.9 Å². The molecule has 3 heterocycles. The van der Waals surface area contributed by atoms with Crippen LogP contribution in [0.2, 0.25) is 0 Å². The van der Waals surface area contributed by atoms with Crippen molar-refractivity contribution in [1.82, 2.24) is 9.88 Å². The molecule has 1 saturated carbocycles. The average Bonchev–Trinajstić information content (AvgIpc) is 3.16. The van der Waals surface area contributed by atoms with Crippen LogP contribution >= 0.6 is 11.3 Å². The summed E-state index contributed by atoms with van der Waals surface area (Å²) >= 11 is 1.46. The molecule has 138 valence electrons. The molecule has 1 saturated heterocycles. The van der Waals surface area contributed by atoms with Gasteiger partial charge in [-0.25, -0.2) is 4.98 Å². The highest BCUT2D eigenvalue weighted by Gasteiger charge is 2.42. The van der Waals surface area contributed by atoms with Gasteiger partial charge in [0.2, 0.25) is 5.79 Å². The summed E-state index contributed by atoms with van der Waals surface area (Å²) in [4.78, 5) is 6.81. The molecule has 1 aromatic heterocycles. The average molecular weight is 372 g/mol. The van der Waals surface area contributed by atoms with Crippen molar-refractivity contribution < 1.29 is 14.6 Å². The van der Waals surface area contributed by atoms with Gasteiger partial charge in [0.25, 0.3) is 0 Å². The Kier molecular flexibility index (Phi) is 4.24. The lowest BCUT2D eigenvalue weighted by molar-refractivity contribution is -0.231. The van der Waals surface area contributed by atoms with Crippen LogP contribution in [0.1, 0.15) is 54.3 Å². The largest absolute Gasteiger partial charge is 0.462 e. The molecule has 1 N–H and O–H groups in total. The fourth-order valence-corrected chi connectivity index (χ4v) is 4.81. The van der Waals surface area contributed by atoms with Crippen LogP contribution in [0.5, 0.6) is 5.75 Å². The quantitative estimate of drug-likeness (QED) is 0.894. The Hall–Kier alpha value is -1.47. The second-order valence-electron chi connectivity index (χ2n) is 7.56. The smallest absolute Gasteiger partial charge is 0.213 e. The lowest BCUT2D eigenvalue weighted by Crippen LogP contribution is -2.54. The molecule has 2 aliphatic heterocycles. The molecule has 3 aliphatic rings. The van der Waals surface area contributed by atoms with Gasteiger partial charge in [0.15, 0.2) is 0 Å². The maximum absolute atomic E-state index is 10.5. The number of benzene rings is 1. The Balaban J connectivity index is 1.29. The van der Waals surface area contributed by atoms with Crippen LogP contribution in [0.4, 0.5) is 0 Å². The van der Waals surface area contributed by atoms with Crippen LogP contribution in [-0.2, 0) is 11.3 Å². The molecule has 1 aromatic carbocycles. The first-order chi connectivity index (χ1) is 12.7. The van der Waals surface area contributed by atoms with E-state index in [1.807, 2.05) is 23.6 Å². The molecule has 6 heteroatoms. The molecule has 1 atom stereocenters. The third kappa shape index (κ3) is 2.95. The second-order valence-corrected chi connectivity index (χ2v) is 8.49. The van der Waals surface area contributed by atoms with E-state index in [9.17, 15) is 5.11 Å². The van der Waals surface area contributed by atoms with E-state index in [4.69, 9.17) is 9.47 Å². The minimum absolute atomic E-state index is 0.470. The molecule has 1 spiro atoms. The second kappa shape index (κ2) is 6.60. The molecular weight excluding hydrogens is 348 g/mol. The van der Waals surface area contributed by atoms with Crippen molar-refractivity contribution in [1.29, 1.82) is 0 Å². The number of likely N-dealkylation sites (tertiary alicyclic amines) is 1. The minimum Gasteiger partial charge on any atom is -0.462 e. The monoisotopic (exact) mass is 372 g/mol. The number of ether oxygens (including phenoxy) is 2. The summed E-state index contributed by atoms with van der Waals surface area (Å²) in [6.45, 7) is 2.65. The zero-order valence-electron chi connectivity index (χ0n) is 14.8. The van der Waals surface area contributed by atoms with Gasteiger partial charge in [-0.3, -0.25) is 4.90 Å². The first-order valence-corrected chi connectivity index (χ1v) is 10.4. The minimum atomic E-state index is -0.693. The van der Waals surface area contributed by atoms with Gasteiger partial charge in [-0.15, -0.1) is 11.3 Å². The summed E-state index contributed by atoms with van der Waals surface area (Å²) in [5.41, 5.74) is 1.84. The lowest BCUT2D eigenvalue weighted by atomic mass is 9.89. The Morgan fingerprint density at radius 1 is 1.27 bits per heavy atom. The fraction of sp³-hybridized carbons (Fsp3) is 0.550. The number of aromatic nitrogens is 1. The zero-order valence-corrected chi connectivity index (χ0v) is 15.6. The summed E-state index contributed by atoms with van der Waals surface area (Å²) in [7, 11) is 0. The third-order valence-electron chi connectivity index (χ3n) is 6.02. The predicted molar refractivity (Wildman–Crippen MR) is 99.2 cm³/mol. The van der Waals surface area contributed by atoms with Crippen molar-refractivity contribution in [2.75, 3.05) is 13.1 Å². The normalized spacial score (nSPS) is 23.9. The molecular formula is C20H24N2O3S. The number of aliphatic hydroxyl groups is 1. The Morgan fingerprint density at radius 3 is 2.81 bits per heavy atom. The number of aliphatic hydroxyl groups excluding tert-OH is 1. The molecule has 0 amide bonds. The highest BCUT2D eigenvalue weighted by Crippen LogP contribution is 2.40. The van der Waals surface area contributed by atoms with Gasteiger partial charge in [0.1, 0.15) is 16.9 Å². The molecule has 1 unspecified atom stereocenters. The first kappa shape index (κ1) is 16.7. The number of thiazole rings is 1. The summed E-state index contributed by atoms with van der Waals surface area (Å²) in [6.07, 6.45) is 6.94. The zero-order chi connectivity index (χ0) is 17.6. The molecule has 1 aliphatic carbocycles. The van der Waals surface area contributed by atoms with Crippen LogP contribution < -0.4 is 4.74 Å². The number of nitrogens with zero attached hydrogens (tertiary/aromatic N) is 2. The number of fused-ring (bicyclic) bond motifs is 1. The molecule has 26 heavy (non-hydrogen) atoms. The van der Waals surface area contributed by atoms with Gasteiger partial charge >= 0.3 is 0 Å². The van der Waals surface area contributed by atoms with E-state index < -0.39 is 11.9 Å². The fourth-order valence-electron chi connectivity index (χ4n) is 4.16. The molecule has 0 bridgehead atoms. The van der Waals surface area contributed by atoms with E-state index in [0.29, 0.717) is 11.6 Å². The van der Waals surface area contributed by atoms with Gasteiger partial charge in [0.05, 0.1) is 6.61 Å². The topological polar surface area (TPSA) is 54.8 Å². The standard InChI is InChI=1S/C20H24N2O3S/c23-18(19-21-8-11-26-19)14-4-5-17-15(12-14)13-24-20(25-17)6-9-22(10-7-20)16-2-1-3-16/h4-5,8,11-12,16,18,23H,1-3,6-7,9-10,13H2. The molecule has 5 nitrogen and oxygen atoms in total.